The molecule has 0 fully saturated rings. The van der Waals surface area contributed by atoms with E-state index in [1.54, 1.807) is 13.8 Å². The topological polar surface area (TPSA) is 71.1 Å². The molecule has 0 bridgehead atoms. The van der Waals surface area contributed by atoms with Crippen molar-refractivity contribution in [2.24, 2.45) is 5.92 Å². The summed E-state index contributed by atoms with van der Waals surface area (Å²) in [5, 5.41) is 0. The Bertz CT molecular complexity index is 311. The minimum atomic E-state index is -0.383. The molecule has 0 aliphatic heterocycles. The Hall–Kier alpha value is -1.56. The van der Waals surface area contributed by atoms with Crippen molar-refractivity contribution in [3.05, 3.63) is 12.3 Å². The molecule has 116 valence electrons. The summed E-state index contributed by atoms with van der Waals surface area (Å²) in [6.07, 6.45) is 1.51. The van der Waals surface area contributed by atoms with Crippen molar-refractivity contribution < 1.29 is 28.5 Å². The van der Waals surface area contributed by atoms with Crippen molar-refractivity contribution in [3.63, 3.8) is 0 Å². The number of ether oxygens (including phenoxy) is 4. The Morgan fingerprint density at radius 2 is 1.70 bits per heavy atom. The first-order valence-corrected chi connectivity index (χ1v) is 6.61. The van der Waals surface area contributed by atoms with Gasteiger partial charge in [0.25, 0.3) is 0 Å². The minimum absolute atomic E-state index is 0.0316. The zero-order chi connectivity index (χ0) is 15.4. The zero-order valence-corrected chi connectivity index (χ0v) is 12.5. The number of esters is 2. The van der Waals surface area contributed by atoms with Crippen LogP contribution in [0.1, 0.15) is 33.6 Å². The Morgan fingerprint density at radius 3 is 2.30 bits per heavy atom. The maximum absolute atomic E-state index is 11.1. The molecule has 0 aliphatic carbocycles. The van der Waals surface area contributed by atoms with Crippen LogP contribution in [0.5, 0.6) is 0 Å². The van der Waals surface area contributed by atoms with Crippen LogP contribution in [0, 0.1) is 5.92 Å². The molecule has 6 nitrogen and oxygen atoms in total. The molecule has 6 heteroatoms. The van der Waals surface area contributed by atoms with E-state index in [1.165, 1.54) is 6.92 Å². The van der Waals surface area contributed by atoms with Crippen LogP contribution >= 0.6 is 0 Å². The van der Waals surface area contributed by atoms with Crippen LogP contribution in [0.25, 0.3) is 0 Å². The van der Waals surface area contributed by atoms with Gasteiger partial charge in [-0.05, 0) is 12.8 Å². The smallest absolute Gasteiger partial charge is 0.308 e. The molecule has 0 saturated carbocycles. The Balaban J connectivity index is 3.30. The second-order valence-corrected chi connectivity index (χ2v) is 4.52. The quantitative estimate of drug-likeness (QED) is 0.251. The molecule has 0 spiro atoms. The van der Waals surface area contributed by atoms with Crippen LogP contribution in [-0.4, -0.2) is 38.6 Å². The fourth-order valence-electron chi connectivity index (χ4n) is 1.05. The number of carbonyl (C=O) groups is 2. The van der Waals surface area contributed by atoms with Crippen LogP contribution in [0.4, 0.5) is 0 Å². The molecule has 0 saturated heterocycles. The largest absolute Gasteiger partial charge is 0.469 e. The van der Waals surface area contributed by atoms with E-state index in [2.05, 4.69) is 11.3 Å². The van der Waals surface area contributed by atoms with Gasteiger partial charge in [0.2, 0.25) is 0 Å². The highest BCUT2D eigenvalue weighted by Crippen LogP contribution is 1.99. The lowest BCUT2D eigenvalue weighted by atomic mass is 10.2. The molecular formula is C14H24O6. The van der Waals surface area contributed by atoms with Gasteiger partial charge in [0.1, 0.15) is 12.4 Å². The molecule has 0 unspecified atom stereocenters. The van der Waals surface area contributed by atoms with Crippen molar-refractivity contribution in [1.29, 1.82) is 0 Å². The highest BCUT2D eigenvalue weighted by molar-refractivity contribution is 5.71. The van der Waals surface area contributed by atoms with Gasteiger partial charge in [0.05, 0.1) is 19.1 Å². The number of unbranched alkanes of at least 4 members (excludes halogenated alkanes) is 1. The molecule has 0 aromatic heterocycles. The number of carbonyl (C=O) groups excluding carboxylic acids is 2. The van der Waals surface area contributed by atoms with E-state index in [4.69, 9.17) is 14.2 Å². The van der Waals surface area contributed by atoms with Gasteiger partial charge in [-0.15, -0.1) is 0 Å². The summed E-state index contributed by atoms with van der Waals surface area (Å²) in [6, 6.07) is 0. The number of hydrogen-bond acceptors (Lipinski definition) is 6. The molecule has 0 N–H and O–H groups in total. The number of rotatable bonds is 11. The normalized spacial score (nSPS) is 10.2. The third-order valence-corrected chi connectivity index (χ3v) is 2.18. The van der Waals surface area contributed by atoms with Gasteiger partial charge in [-0.25, -0.2) is 0 Å². The zero-order valence-electron chi connectivity index (χ0n) is 12.5. The maximum Gasteiger partial charge on any atom is 0.308 e. The van der Waals surface area contributed by atoms with E-state index in [0.717, 1.165) is 12.8 Å². The standard InChI is InChI=1S/C14H24O6/c1-11(2)14(16)18-8-6-5-7-17-10-20-12(3)9-19-13(4)15/h11H,3,5-10H2,1-2,4H3. The lowest BCUT2D eigenvalue weighted by Crippen LogP contribution is -2.13. The predicted octanol–water partition coefficient (Wildman–Crippen LogP) is 2.03. The van der Waals surface area contributed by atoms with E-state index in [0.29, 0.717) is 19.0 Å². The first-order chi connectivity index (χ1) is 9.43. The molecule has 0 amide bonds. The molecule has 0 aromatic rings. The van der Waals surface area contributed by atoms with E-state index in [-0.39, 0.29) is 31.3 Å². The SMILES string of the molecule is C=C(COC(C)=O)OCOCCCCOC(=O)C(C)C. The van der Waals surface area contributed by atoms with Crippen LogP contribution in [0.3, 0.4) is 0 Å². The van der Waals surface area contributed by atoms with Crippen LogP contribution < -0.4 is 0 Å². The van der Waals surface area contributed by atoms with Crippen LogP contribution in [0.15, 0.2) is 12.3 Å². The lowest BCUT2D eigenvalue weighted by Gasteiger charge is -2.10. The van der Waals surface area contributed by atoms with Gasteiger partial charge >= 0.3 is 11.9 Å². The van der Waals surface area contributed by atoms with Crippen molar-refractivity contribution in [3.8, 4) is 0 Å². The summed E-state index contributed by atoms with van der Waals surface area (Å²) < 4.78 is 20.0. The Kier molecular flexibility index (Phi) is 10.4. The first-order valence-electron chi connectivity index (χ1n) is 6.61. The van der Waals surface area contributed by atoms with Crippen molar-refractivity contribution in [1.82, 2.24) is 0 Å². The van der Waals surface area contributed by atoms with Crippen molar-refractivity contribution >= 4 is 11.9 Å². The van der Waals surface area contributed by atoms with Crippen molar-refractivity contribution in [2.45, 2.75) is 33.6 Å². The van der Waals surface area contributed by atoms with Gasteiger partial charge in [0, 0.05) is 6.92 Å². The van der Waals surface area contributed by atoms with Crippen LogP contribution in [0.2, 0.25) is 0 Å². The molecule has 0 heterocycles. The third-order valence-electron chi connectivity index (χ3n) is 2.18. The summed E-state index contributed by atoms with van der Waals surface area (Å²) in [5.41, 5.74) is 0. The average molecular weight is 288 g/mol. The van der Waals surface area contributed by atoms with Gasteiger partial charge in [-0.3, -0.25) is 9.59 Å². The molecular weight excluding hydrogens is 264 g/mol. The first kappa shape index (κ1) is 18.4. The third kappa shape index (κ3) is 11.5. The number of hydrogen-bond donors (Lipinski definition) is 0. The van der Waals surface area contributed by atoms with Crippen molar-refractivity contribution in [2.75, 3.05) is 26.6 Å². The second-order valence-electron chi connectivity index (χ2n) is 4.52. The van der Waals surface area contributed by atoms with E-state index in [9.17, 15) is 9.59 Å². The molecule has 20 heavy (non-hydrogen) atoms. The molecule has 0 rings (SSSR count). The molecule has 0 atom stereocenters. The highest BCUT2D eigenvalue weighted by Gasteiger charge is 2.07. The van der Waals surface area contributed by atoms with Gasteiger partial charge in [-0.2, -0.15) is 0 Å². The van der Waals surface area contributed by atoms with Gasteiger partial charge < -0.3 is 18.9 Å². The maximum atomic E-state index is 11.1. The average Bonchev–Trinajstić information content (AvgIpc) is 2.38. The summed E-state index contributed by atoms with van der Waals surface area (Å²) in [5.74, 6) is -0.323. The Morgan fingerprint density at radius 1 is 1.05 bits per heavy atom. The van der Waals surface area contributed by atoms with Crippen LogP contribution in [-0.2, 0) is 28.5 Å². The summed E-state index contributed by atoms with van der Waals surface area (Å²) in [6.45, 7) is 9.48. The molecule has 0 aliphatic rings. The molecule has 0 radical (unpaired) electrons. The molecule has 0 aromatic carbocycles. The summed E-state index contributed by atoms with van der Waals surface area (Å²) in [4.78, 5) is 21.7. The second kappa shape index (κ2) is 11.3. The monoisotopic (exact) mass is 288 g/mol. The van der Waals surface area contributed by atoms with E-state index in [1.807, 2.05) is 0 Å². The van der Waals surface area contributed by atoms with Gasteiger partial charge in [0.15, 0.2) is 6.79 Å². The lowest BCUT2D eigenvalue weighted by molar-refractivity contribution is -0.147. The summed E-state index contributed by atoms with van der Waals surface area (Å²) >= 11 is 0. The van der Waals surface area contributed by atoms with E-state index >= 15 is 0 Å². The fraction of sp³-hybridized carbons (Fsp3) is 0.714. The Labute approximate surface area is 120 Å². The highest BCUT2D eigenvalue weighted by atomic mass is 16.7. The minimum Gasteiger partial charge on any atom is -0.469 e. The van der Waals surface area contributed by atoms with E-state index < -0.39 is 0 Å². The predicted molar refractivity (Wildman–Crippen MR) is 72.7 cm³/mol. The summed E-state index contributed by atoms with van der Waals surface area (Å²) in [7, 11) is 0. The fourth-order valence-corrected chi connectivity index (χ4v) is 1.05. The van der Waals surface area contributed by atoms with Gasteiger partial charge in [-0.1, -0.05) is 20.4 Å².